The number of aromatic nitrogens is 2. The summed E-state index contributed by atoms with van der Waals surface area (Å²) in [6, 6.07) is 15.9. The van der Waals surface area contributed by atoms with Gasteiger partial charge < -0.3 is 10.2 Å². The molecule has 0 unspecified atom stereocenters. The summed E-state index contributed by atoms with van der Waals surface area (Å²) in [5, 5.41) is 4.76. The van der Waals surface area contributed by atoms with E-state index in [1.54, 1.807) is 12.1 Å². The smallest absolute Gasteiger partial charge is 0.139 e. The second kappa shape index (κ2) is 10.9. The number of anilines is 1. The summed E-state index contributed by atoms with van der Waals surface area (Å²) in [4.78, 5) is 11.7. The molecule has 170 valence electrons. The molecule has 1 fully saturated rings. The lowest BCUT2D eigenvalue weighted by Crippen LogP contribution is -2.34. The first-order valence-electron chi connectivity index (χ1n) is 12.0. The van der Waals surface area contributed by atoms with Crippen molar-refractivity contribution in [1.82, 2.24) is 15.3 Å². The first-order chi connectivity index (χ1) is 15.6. The van der Waals surface area contributed by atoms with Gasteiger partial charge in [0.05, 0.1) is 5.52 Å². The van der Waals surface area contributed by atoms with Gasteiger partial charge in [0.25, 0.3) is 0 Å². The van der Waals surface area contributed by atoms with Crippen LogP contribution in [0.5, 0.6) is 0 Å². The number of para-hydroxylation sites is 1. The lowest BCUT2D eigenvalue weighted by atomic mass is 9.83. The van der Waals surface area contributed by atoms with Gasteiger partial charge in [0.2, 0.25) is 0 Å². The minimum absolute atomic E-state index is 0.0916. The van der Waals surface area contributed by atoms with Crippen LogP contribution in [0.15, 0.2) is 48.5 Å². The van der Waals surface area contributed by atoms with E-state index in [9.17, 15) is 4.39 Å². The molecule has 1 aliphatic rings. The molecule has 1 aliphatic carbocycles. The van der Waals surface area contributed by atoms with Crippen LogP contribution < -0.4 is 10.2 Å². The predicted octanol–water partition coefficient (Wildman–Crippen LogP) is 5.55. The van der Waals surface area contributed by atoms with Gasteiger partial charge >= 0.3 is 0 Å². The fourth-order valence-corrected chi connectivity index (χ4v) is 4.88. The molecule has 0 spiro atoms. The van der Waals surface area contributed by atoms with E-state index in [2.05, 4.69) is 22.3 Å². The maximum absolute atomic E-state index is 13.7. The van der Waals surface area contributed by atoms with Crippen LogP contribution in [-0.4, -0.2) is 36.6 Å². The molecule has 0 bridgehead atoms. The molecule has 1 saturated carbocycles. The summed E-state index contributed by atoms with van der Waals surface area (Å²) in [6.45, 7) is 0.851. The highest BCUT2D eigenvalue weighted by molar-refractivity contribution is 5.89. The Balaban J connectivity index is 1.20. The number of nitrogens with one attached hydrogen (secondary N) is 1. The first kappa shape index (κ1) is 22.7. The van der Waals surface area contributed by atoms with Gasteiger partial charge in [0, 0.05) is 31.9 Å². The van der Waals surface area contributed by atoms with Crippen molar-refractivity contribution < 1.29 is 4.39 Å². The Morgan fingerprint density at radius 1 is 0.938 bits per heavy atom. The molecule has 2 aromatic carbocycles. The van der Waals surface area contributed by atoms with Gasteiger partial charge in [0.15, 0.2) is 0 Å². The zero-order valence-electron chi connectivity index (χ0n) is 19.4. The van der Waals surface area contributed by atoms with Gasteiger partial charge in [-0.1, -0.05) is 36.8 Å². The Kier molecular flexibility index (Phi) is 7.69. The number of aryl methyl sites for hydroxylation is 1. The number of rotatable bonds is 9. The molecule has 0 radical (unpaired) electrons. The molecule has 1 aromatic heterocycles. The van der Waals surface area contributed by atoms with E-state index in [0.29, 0.717) is 6.04 Å². The van der Waals surface area contributed by atoms with Crippen molar-refractivity contribution in [3.05, 3.63) is 65.7 Å². The van der Waals surface area contributed by atoms with Gasteiger partial charge in [-0.25, -0.2) is 14.4 Å². The Bertz CT molecular complexity index is 1010. The van der Waals surface area contributed by atoms with E-state index in [-0.39, 0.29) is 5.82 Å². The van der Waals surface area contributed by atoms with Gasteiger partial charge in [-0.15, -0.1) is 0 Å². The van der Waals surface area contributed by atoms with Gasteiger partial charge in [0.1, 0.15) is 17.5 Å². The van der Waals surface area contributed by atoms with Crippen LogP contribution in [0.2, 0.25) is 0 Å². The van der Waals surface area contributed by atoms with E-state index in [4.69, 9.17) is 9.97 Å². The SMILES string of the molecule is CN(C)c1nc(CCCC2CCC(NCCc3ccccc3F)CC2)nc2ccccc12. The Morgan fingerprint density at radius 2 is 1.69 bits per heavy atom. The second-order valence-corrected chi connectivity index (χ2v) is 9.28. The number of fused-ring (bicyclic) bond motifs is 1. The van der Waals surface area contributed by atoms with Gasteiger partial charge in [-0.3, -0.25) is 0 Å². The minimum Gasteiger partial charge on any atom is -0.362 e. The van der Waals surface area contributed by atoms with Gasteiger partial charge in [-0.2, -0.15) is 0 Å². The molecule has 1 N–H and O–H groups in total. The van der Waals surface area contributed by atoms with E-state index >= 15 is 0 Å². The first-order valence-corrected chi connectivity index (χ1v) is 12.0. The van der Waals surface area contributed by atoms with Crippen molar-refractivity contribution in [2.45, 2.75) is 57.4 Å². The van der Waals surface area contributed by atoms with Gasteiger partial charge in [-0.05, 0) is 74.8 Å². The number of hydrogen-bond acceptors (Lipinski definition) is 4. The molecule has 32 heavy (non-hydrogen) atoms. The lowest BCUT2D eigenvalue weighted by molar-refractivity contribution is 0.276. The highest BCUT2D eigenvalue weighted by atomic mass is 19.1. The summed E-state index contributed by atoms with van der Waals surface area (Å²) in [6.07, 6.45) is 9.08. The summed E-state index contributed by atoms with van der Waals surface area (Å²) in [5.74, 6) is 2.67. The second-order valence-electron chi connectivity index (χ2n) is 9.28. The molecule has 0 amide bonds. The quantitative estimate of drug-likeness (QED) is 0.479. The zero-order valence-corrected chi connectivity index (χ0v) is 19.4. The lowest BCUT2D eigenvalue weighted by Gasteiger charge is -2.29. The van der Waals surface area contributed by atoms with Crippen molar-refractivity contribution in [2.24, 2.45) is 5.92 Å². The predicted molar refractivity (Wildman–Crippen MR) is 131 cm³/mol. The molecule has 0 atom stereocenters. The monoisotopic (exact) mass is 434 g/mol. The highest BCUT2D eigenvalue weighted by Crippen LogP contribution is 2.29. The van der Waals surface area contributed by atoms with Crippen LogP contribution in [0.4, 0.5) is 10.2 Å². The van der Waals surface area contributed by atoms with Crippen LogP contribution in [0.1, 0.15) is 49.9 Å². The van der Waals surface area contributed by atoms with E-state index in [1.807, 2.05) is 38.4 Å². The van der Waals surface area contributed by atoms with E-state index < -0.39 is 0 Å². The topological polar surface area (TPSA) is 41.1 Å². The van der Waals surface area contributed by atoms with Crippen molar-refractivity contribution >= 4 is 16.7 Å². The Labute approximate surface area is 191 Å². The maximum atomic E-state index is 13.7. The minimum atomic E-state index is -0.0916. The van der Waals surface area contributed by atoms with Crippen molar-refractivity contribution in [3.8, 4) is 0 Å². The maximum Gasteiger partial charge on any atom is 0.139 e. The summed E-state index contributed by atoms with van der Waals surface area (Å²) in [7, 11) is 4.09. The summed E-state index contributed by atoms with van der Waals surface area (Å²) in [5.41, 5.74) is 1.84. The normalized spacial score (nSPS) is 18.7. The molecular weight excluding hydrogens is 399 g/mol. The number of nitrogens with zero attached hydrogens (tertiary/aromatic N) is 3. The number of halogens is 1. The average molecular weight is 435 g/mol. The molecule has 4 nitrogen and oxygen atoms in total. The van der Waals surface area contributed by atoms with Crippen LogP contribution in [-0.2, 0) is 12.8 Å². The molecule has 5 heteroatoms. The molecule has 0 aliphatic heterocycles. The third-order valence-corrected chi connectivity index (χ3v) is 6.70. The van der Waals surface area contributed by atoms with Crippen LogP contribution in [0.25, 0.3) is 10.9 Å². The molecular formula is C27H35FN4. The van der Waals surface area contributed by atoms with Crippen molar-refractivity contribution in [1.29, 1.82) is 0 Å². The largest absolute Gasteiger partial charge is 0.362 e. The zero-order chi connectivity index (χ0) is 22.3. The Morgan fingerprint density at radius 3 is 2.47 bits per heavy atom. The molecule has 4 rings (SSSR count). The van der Waals surface area contributed by atoms with Crippen LogP contribution >= 0.6 is 0 Å². The third-order valence-electron chi connectivity index (χ3n) is 6.70. The standard InChI is InChI=1S/C27H35FN4/c1-32(2)27-23-10-4-6-12-25(23)30-26(31-27)13-7-8-20-14-16-22(17-15-20)29-19-18-21-9-3-5-11-24(21)28/h3-6,9-12,20,22,29H,7-8,13-19H2,1-2H3. The summed E-state index contributed by atoms with van der Waals surface area (Å²) >= 11 is 0. The number of benzene rings is 2. The fraction of sp³-hybridized carbons (Fsp3) is 0.481. The number of hydrogen-bond donors (Lipinski definition) is 1. The Hall–Kier alpha value is -2.53. The molecule has 3 aromatic rings. The van der Waals surface area contributed by atoms with Crippen molar-refractivity contribution in [2.75, 3.05) is 25.5 Å². The van der Waals surface area contributed by atoms with E-state index in [0.717, 1.165) is 59.8 Å². The average Bonchev–Trinajstić information content (AvgIpc) is 2.81. The molecule has 1 heterocycles. The summed E-state index contributed by atoms with van der Waals surface area (Å²) < 4.78 is 13.7. The molecule has 0 saturated heterocycles. The third kappa shape index (κ3) is 5.83. The highest BCUT2D eigenvalue weighted by Gasteiger charge is 2.20. The van der Waals surface area contributed by atoms with Crippen LogP contribution in [0, 0.1) is 11.7 Å². The van der Waals surface area contributed by atoms with Crippen LogP contribution in [0.3, 0.4) is 0 Å². The fourth-order valence-electron chi connectivity index (χ4n) is 4.88. The van der Waals surface area contributed by atoms with Crippen molar-refractivity contribution in [3.63, 3.8) is 0 Å². The van der Waals surface area contributed by atoms with E-state index in [1.165, 1.54) is 32.1 Å².